The maximum absolute atomic E-state index is 9.88. The van der Waals surface area contributed by atoms with Crippen molar-refractivity contribution in [3.8, 4) is 0 Å². The SMILES string of the molecule is CC.CC.CC.CC(C)=O.CN(C)C.CN(C)C.CN(C)CC[S-](=O)=O.[CH2-]C.[Y].[Y].[Y].[Y].[Y].[Y].[Y].[Y].[Y].[Y].[Y].c1ccccc1.c1ccccc1. The van der Waals surface area contributed by atoms with Gasteiger partial charge in [-0.05, 0) is 76.8 Å². The number of carbonyl (C=O) groups excluding carboxylic acids is 1. The molecule has 0 aliphatic carbocycles. The Kier molecular flexibility index (Phi) is 335. The van der Waals surface area contributed by atoms with Gasteiger partial charge in [-0.2, -0.15) is 6.92 Å². The van der Waals surface area contributed by atoms with Gasteiger partial charge in [0.1, 0.15) is 5.78 Å². The van der Waals surface area contributed by atoms with Crippen LogP contribution in [0.15, 0.2) is 72.8 Å². The van der Waals surface area contributed by atoms with Gasteiger partial charge in [0, 0.05) is 360 Å². The maximum atomic E-state index is 9.88. The Bertz CT molecular complexity index is 580. The molecule has 6 nitrogen and oxygen atoms in total. The summed E-state index contributed by atoms with van der Waals surface area (Å²) in [5.41, 5.74) is 0. The molecule has 2 aromatic rings. The standard InChI is InChI=1S/2C6H6.C4H10NO2S.2C3H9N.C3H6O.3C2H6.C2H5.11Y/c2*1-2-4-6-5-3-1;1-5(2)3-4-8(6)7;2*1-4(2)3;1-3(2)4;4*1-2;;;;;;;;;;;/h2*1-6H;3-4H2,1-2H3;2*1-3H3;1-2H3;3*1-2H3;1H2,2H3;;;;;;;;;;;/q;;-1;;;;;;;-1;;;;;;;;;;;. The Morgan fingerprint density at radius 3 is 0.569 bits per heavy atom. The molecule has 0 aliphatic rings. The smallest absolute Gasteiger partial charge is 0.126 e. The summed E-state index contributed by atoms with van der Waals surface area (Å²) in [7, 11) is 13.8. The number of rotatable bonds is 3. The van der Waals surface area contributed by atoms with Crippen LogP contribution in [0.4, 0.5) is 0 Å². The van der Waals surface area contributed by atoms with Gasteiger partial charge >= 0.3 is 0 Å². The Balaban J connectivity index is -0.0000000132. The molecular weight excluding hydrogens is 1500 g/mol. The Hall–Kier alpha value is 10.1. The molecule has 18 heteroatoms. The molecule has 0 aromatic heterocycles. The van der Waals surface area contributed by atoms with Crippen molar-refractivity contribution in [2.24, 2.45) is 0 Å². The van der Waals surface area contributed by atoms with Gasteiger partial charge in [-0.25, -0.2) is 0 Å². The molecule has 51 heavy (non-hydrogen) atoms. The van der Waals surface area contributed by atoms with Crippen molar-refractivity contribution in [2.75, 3.05) is 68.7 Å². The fraction of sp³-hybridized carbons (Fsp3) is 0.576. The zero-order valence-electron chi connectivity index (χ0n) is 35.9. The molecule has 0 saturated heterocycles. The summed E-state index contributed by atoms with van der Waals surface area (Å²) in [4.78, 5) is 15.3. The van der Waals surface area contributed by atoms with Crippen LogP contribution >= 0.6 is 0 Å². The van der Waals surface area contributed by atoms with Gasteiger partial charge in [0.2, 0.25) is 0 Å². The average Bonchev–Trinajstić information content (AvgIpc) is 2.94. The monoisotopic (exact) mass is 1570 g/mol. The van der Waals surface area contributed by atoms with Crippen molar-refractivity contribution in [2.45, 2.75) is 62.3 Å². The predicted octanol–water partition coefficient (Wildman–Crippen LogP) is 8.07. The summed E-state index contributed by atoms with van der Waals surface area (Å²) in [6.45, 7) is 20.7. The van der Waals surface area contributed by atoms with E-state index in [2.05, 4.69) is 6.92 Å². The second-order valence-electron chi connectivity index (χ2n) is 7.71. The molecule has 2 rings (SSSR count). The second kappa shape index (κ2) is 137. The molecule has 0 fully saturated rings. The molecule has 0 N–H and O–H groups in total. The zero-order chi connectivity index (χ0) is 33.8. The summed E-state index contributed by atoms with van der Waals surface area (Å²) in [5, 5.41) is 0. The first kappa shape index (κ1) is 125. The largest absolute Gasteiger partial charge is 0.424 e. The van der Waals surface area contributed by atoms with Gasteiger partial charge in [-0.1, -0.05) is 131 Å². The minimum atomic E-state index is -1.88. The van der Waals surface area contributed by atoms with Crippen LogP contribution in [0.5, 0.6) is 0 Å². The van der Waals surface area contributed by atoms with E-state index in [9.17, 15) is 13.2 Å². The minimum absolute atomic E-state index is 0. The molecule has 0 bridgehead atoms. The summed E-state index contributed by atoms with van der Waals surface area (Å²) in [5.74, 6) is 0.396. The molecule has 0 saturated carbocycles. The van der Waals surface area contributed by atoms with Crippen LogP contribution in [0.2, 0.25) is 0 Å². The molecule has 0 unspecified atom stereocenters. The molecule has 0 aliphatic heterocycles. The topological polar surface area (TPSA) is 60.9 Å². The van der Waals surface area contributed by atoms with Gasteiger partial charge in [-0.15, -0.1) is 0 Å². The van der Waals surface area contributed by atoms with E-state index in [1.54, 1.807) is 6.92 Å². The van der Waals surface area contributed by atoms with Crippen LogP contribution in [-0.4, -0.2) is 89.2 Å². The van der Waals surface area contributed by atoms with E-state index in [-0.39, 0.29) is 371 Å². The van der Waals surface area contributed by atoms with Gasteiger partial charge in [-0.3, -0.25) is 0 Å². The number of hydrogen-bond acceptors (Lipinski definition) is 7. The van der Waals surface area contributed by atoms with E-state index in [4.69, 9.17) is 0 Å². The van der Waals surface area contributed by atoms with Crippen LogP contribution in [0.25, 0.3) is 0 Å². The van der Waals surface area contributed by atoms with Gasteiger partial charge in [0.15, 0.2) is 0 Å². The quantitative estimate of drug-likeness (QED) is 0.229. The van der Waals surface area contributed by atoms with Crippen LogP contribution in [0.3, 0.4) is 0 Å². The number of carbonyl (C=O) groups is 1. The molecular formula is C33H69N3O3SY11-2. The normalized spacial score (nSPS) is 6.00. The van der Waals surface area contributed by atoms with Crippen molar-refractivity contribution in [3.63, 3.8) is 0 Å². The van der Waals surface area contributed by atoms with Crippen molar-refractivity contribution in [1.29, 1.82) is 0 Å². The average molecular weight is 1570 g/mol. The molecule has 0 atom stereocenters. The number of hydrogen-bond donors (Lipinski definition) is 0. The number of ketones is 1. The molecule has 0 amide bonds. The van der Waals surface area contributed by atoms with Gasteiger partial charge in [0.25, 0.3) is 0 Å². The van der Waals surface area contributed by atoms with Crippen molar-refractivity contribution < 1.29 is 373 Å². The fourth-order valence-electron chi connectivity index (χ4n) is 1.03. The van der Waals surface area contributed by atoms with Crippen LogP contribution in [-0.2, 0) is 384 Å². The van der Waals surface area contributed by atoms with Gasteiger partial charge < -0.3 is 34.8 Å². The predicted molar refractivity (Wildman–Crippen MR) is 186 cm³/mol. The number of benzene rings is 2. The number of nitrogens with zero attached hydrogens (tertiary/aromatic N) is 3. The van der Waals surface area contributed by atoms with Gasteiger partial charge in [0.05, 0.1) is 0 Å². The van der Waals surface area contributed by atoms with Crippen LogP contribution in [0.1, 0.15) is 62.3 Å². The summed E-state index contributed by atoms with van der Waals surface area (Å²) >= 11 is 0. The summed E-state index contributed by atoms with van der Waals surface area (Å²) < 4.78 is 19.8. The molecule has 11 radical (unpaired) electrons. The van der Waals surface area contributed by atoms with E-state index in [0.717, 1.165) is 0 Å². The summed E-state index contributed by atoms with van der Waals surface area (Å²) in [6.07, 6.45) is 0. The third-order valence-corrected chi connectivity index (χ3v) is 2.55. The second-order valence-corrected chi connectivity index (χ2v) is 8.73. The van der Waals surface area contributed by atoms with E-state index >= 15 is 0 Å². The van der Waals surface area contributed by atoms with Crippen LogP contribution in [0, 0.1) is 6.92 Å². The fourth-order valence-corrected chi connectivity index (χ4v) is 1.54. The Morgan fingerprint density at radius 2 is 0.529 bits per heavy atom. The Labute approximate surface area is 600 Å². The summed E-state index contributed by atoms with van der Waals surface area (Å²) in [6, 6.07) is 24.0. The first-order valence-electron chi connectivity index (χ1n) is 13.9. The number of Topliss-reactive ketones (excluding diaryl/α,β-unsaturated/α-hetero) is 1. The molecule has 0 spiro atoms. The molecule has 0 heterocycles. The first-order chi connectivity index (χ1) is 18.8. The van der Waals surface area contributed by atoms with E-state index in [1.807, 2.05) is 185 Å². The van der Waals surface area contributed by atoms with E-state index in [1.165, 1.54) is 13.8 Å². The zero-order valence-corrected chi connectivity index (χ0v) is 67.9. The third-order valence-electron chi connectivity index (χ3n) is 2.04. The molecule has 275 valence electrons. The van der Waals surface area contributed by atoms with Crippen molar-refractivity contribution in [1.82, 2.24) is 14.7 Å². The van der Waals surface area contributed by atoms with E-state index in [0.29, 0.717) is 6.54 Å². The third kappa shape index (κ3) is 276. The molecule has 2 aromatic carbocycles. The first-order valence-corrected chi connectivity index (χ1v) is 15.2. The van der Waals surface area contributed by atoms with Crippen molar-refractivity contribution in [3.05, 3.63) is 79.7 Å². The maximum Gasteiger partial charge on any atom is 0.126 e. The Morgan fingerprint density at radius 1 is 0.431 bits per heavy atom. The van der Waals surface area contributed by atoms with Crippen LogP contribution < -0.4 is 0 Å². The van der Waals surface area contributed by atoms with E-state index < -0.39 is 10.7 Å². The minimum Gasteiger partial charge on any atom is -0.424 e. The van der Waals surface area contributed by atoms with Crippen molar-refractivity contribution >= 4 is 16.5 Å².